The van der Waals surface area contributed by atoms with Crippen LogP contribution in [0.3, 0.4) is 0 Å². The van der Waals surface area contributed by atoms with Crippen LogP contribution in [0.5, 0.6) is 5.75 Å². The lowest BCUT2D eigenvalue weighted by atomic mass is 10.2. The summed E-state index contributed by atoms with van der Waals surface area (Å²) in [6.07, 6.45) is 1.42. The quantitative estimate of drug-likeness (QED) is 0.653. The molecule has 0 unspecified atom stereocenters. The van der Waals surface area contributed by atoms with E-state index < -0.39 is 0 Å². The molecule has 0 aliphatic carbocycles. The maximum Gasteiger partial charge on any atom is 0.289 e. The lowest BCUT2D eigenvalue weighted by Crippen LogP contribution is -2.34. The second-order valence-corrected chi connectivity index (χ2v) is 6.12. The van der Waals surface area contributed by atoms with Gasteiger partial charge in [-0.2, -0.15) is 0 Å². The Bertz CT molecular complexity index is 919. The highest BCUT2D eigenvalue weighted by Crippen LogP contribution is 2.21. The van der Waals surface area contributed by atoms with Gasteiger partial charge in [-0.25, -0.2) is 0 Å². The monoisotopic (exact) mass is 379 g/mol. The molecule has 7 nitrogen and oxygen atoms in total. The molecule has 28 heavy (non-hydrogen) atoms. The predicted molar refractivity (Wildman–Crippen MR) is 107 cm³/mol. The highest BCUT2D eigenvalue weighted by molar-refractivity contribution is 5.98. The van der Waals surface area contributed by atoms with E-state index in [9.17, 15) is 9.59 Å². The van der Waals surface area contributed by atoms with Crippen molar-refractivity contribution in [3.63, 3.8) is 0 Å². The molecular weight excluding hydrogens is 358 g/mol. The summed E-state index contributed by atoms with van der Waals surface area (Å²) in [6, 6.07) is 18.1. The van der Waals surface area contributed by atoms with Crippen molar-refractivity contribution in [2.75, 3.05) is 31.3 Å². The maximum absolute atomic E-state index is 12.2. The van der Waals surface area contributed by atoms with Gasteiger partial charge in [-0.1, -0.05) is 0 Å². The smallest absolute Gasteiger partial charge is 0.289 e. The van der Waals surface area contributed by atoms with E-state index in [1.807, 2.05) is 36.4 Å². The number of nitrogens with one attached hydrogen (secondary N) is 2. The van der Waals surface area contributed by atoms with Crippen molar-refractivity contribution in [2.24, 2.45) is 0 Å². The van der Waals surface area contributed by atoms with Crippen molar-refractivity contribution in [2.45, 2.75) is 0 Å². The van der Waals surface area contributed by atoms with Crippen molar-refractivity contribution in [3.05, 3.63) is 72.7 Å². The Morgan fingerprint density at radius 1 is 0.964 bits per heavy atom. The normalized spacial score (nSPS) is 10.2. The minimum Gasteiger partial charge on any atom is -0.497 e. The third-order valence-electron chi connectivity index (χ3n) is 4.01. The Labute approximate surface area is 162 Å². The molecule has 3 aromatic rings. The van der Waals surface area contributed by atoms with Crippen LogP contribution in [0.25, 0.3) is 0 Å². The van der Waals surface area contributed by atoms with Gasteiger partial charge < -0.3 is 24.7 Å². The number of hydrogen-bond donors (Lipinski definition) is 2. The van der Waals surface area contributed by atoms with Crippen LogP contribution in [-0.4, -0.2) is 37.4 Å². The molecule has 0 saturated carbocycles. The molecule has 0 radical (unpaired) electrons. The lowest BCUT2D eigenvalue weighted by Gasteiger charge is -2.15. The zero-order valence-corrected chi connectivity index (χ0v) is 15.6. The molecular formula is C21H21N3O4. The van der Waals surface area contributed by atoms with E-state index in [2.05, 4.69) is 10.6 Å². The van der Waals surface area contributed by atoms with E-state index in [-0.39, 0.29) is 24.1 Å². The van der Waals surface area contributed by atoms with Gasteiger partial charge in [-0.3, -0.25) is 9.59 Å². The van der Waals surface area contributed by atoms with Gasteiger partial charge in [0.25, 0.3) is 5.91 Å². The summed E-state index contributed by atoms with van der Waals surface area (Å²) in [4.78, 5) is 25.6. The van der Waals surface area contributed by atoms with Crippen molar-refractivity contribution < 1.29 is 18.7 Å². The van der Waals surface area contributed by atoms with Crippen molar-refractivity contribution >= 4 is 28.9 Å². The lowest BCUT2D eigenvalue weighted by molar-refractivity contribution is -0.116. The van der Waals surface area contributed by atoms with E-state index in [0.717, 1.165) is 17.1 Å². The second kappa shape index (κ2) is 8.77. The summed E-state index contributed by atoms with van der Waals surface area (Å²) >= 11 is 0. The molecule has 144 valence electrons. The van der Waals surface area contributed by atoms with Crippen LogP contribution in [0.4, 0.5) is 17.1 Å². The summed E-state index contributed by atoms with van der Waals surface area (Å²) < 4.78 is 10.2. The number of methoxy groups -OCH3 is 1. The van der Waals surface area contributed by atoms with Crippen LogP contribution in [0.15, 0.2) is 71.3 Å². The second-order valence-electron chi connectivity index (χ2n) is 6.12. The van der Waals surface area contributed by atoms with Gasteiger partial charge >= 0.3 is 0 Å². The molecule has 0 atom stereocenters. The molecule has 0 spiro atoms. The topological polar surface area (TPSA) is 83.8 Å². The number of anilines is 3. The van der Waals surface area contributed by atoms with Crippen LogP contribution in [0.2, 0.25) is 0 Å². The van der Waals surface area contributed by atoms with Crippen LogP contribution in [0.1, 0.15) is 10.6 Å². The molecule has 1 aromatic heterocycles. The van der Waals surface area contributed by atoms with Crippen molar-refractivity contribution in [3.8, 4) is 5.75 Å². The van der Waals surface area contributed by atoms with E-state index in [4.69, 9.17) is 9.15 Å². The number of hydrogen-bond acceptors (Lipinski definition) is 5. The first-order valence-electron chi connectivity index (χ1n) is 8.65. The van der Waals surface area contributed by atoms with E-state index in [0.29, 0.717) is 5.69 Å². The molecule has 0 saturated heterocycles. The Morgan fingerprint density at radius 3 is 2.14 bits per heavy atom. The molecule has 7 heteroatoms. The van der Waals surface area contributed by atoms with Crippen LogP contribution >= 0.6 is 0 Å². The zero-order valence-electron chi connectivity index (χ0n) is 15.6. The van der Waals surface area contributed by atoms with Gasteiger partial charge in [0.1, 0.15) is 5.75 Å². The standard InChI is InChI=1S/C21H21N3O4/c1-24(21(26)19-4-3-13-28-19)14-20(25)23-17-7-5-15(6-8-17)22-16-9-11-18(27-2)12-10-16/h3-13,22H,14H2,1-2H3,(H,23,25). The first-order chi connectivity index (χ1) is 13.5. The summed E-state index contributed by atoms with van der Waals surface area (Å²) in [5.41, 5.74) is 2.45. The largest absolute Gasteiger partial charge is 0.497 e. The number of rotatable bonds is 7. The zero-order chi connectivity index (χ0) is 19.9. The maximum atomic E-state index is 12.2. The molecule has 1 heterocycles. The Balaban J connectivity index is 1.53. The number of likely N-dealkylation sites (N-methyl/N-ethyl adjacent to an activating group) is 1. The first-order valence-corrected chi connectivity index (χ1v) is 8.65. The van der Waals surface area contributed by atoms with Gasteiger partial charge in [0.2, 0.25) is 5.91 Å². The number of carbonyl (C=O) groups excluding carboxylic acids is 2. The Hall–Kier alpha value is -3.74. The predicted octanol–water partition coefficient (Wildman–Crippen LogP) is 3.74. The van der Waals surface area contributed by atoms with Gasteiger partial charge in [0.15, 0.2) is 5.76 Å². The minimum absolute atomic E-state index is 0.0780. The average molecular weight is 379 g/mol. The number of amides is 2. The number of nitrogens with zero attached hydrogens (tertiary/aromatic N) is 1. The van der Waals surface area contributed by atoms with Crippen LogP contribution in [-0.2, 0) is 4.79 Å². The molecule has 0 aliphatic heterocycles. The number of carbonyl (C=O) groups is 2. The first kappa shape index (κ1) is 19.0. The third kappa shape index (κ3) is 4.91. The highest BCUT2D eigenvalue weighted by Gasteiger charge is 2.17. The molecule has 2 N–H and O–H groups in total. The van der Waals surface area contributed by atoms with E-state index >= 15 is 0 Å². The van der Waals surface area contributed by atoms with Crippen LogP contribution < -0.4 is 15.4 Å². The van der Waals surface area contributed by atoms with Crippen molar-refractivity contribution in [1.82, 2.24) is 4.90 Å². The summed E-state index contributed by atoms with van der Waals surface area (Å²) in [7, 11) is 3.17. The molecule has 0 fully saturated rings. The Kier molecular flexibility index (Phi) is 5.96. The van der Waals surface area contributed by atoms with Gasteiger partial charge in [0, 0.05) is 24.1 Å². The summed E-state index contributed by atoms with van der Waals surface area (Å²) in [6.45, 7) is -0.0780. The molecule has 0 bridgehead atoms. The van der Waals surface area contributed by atoms with Gasteiger partial charge in [-0.05, 0) is 60.7 Å². The van der Waals surface area contributed by atoms with E-state index in [1.54, 1.807) is 38.4 Å². The molecule has 0 aliphatic rings. The molecule has 2 amide bonds. The fraction of sp³-hybridized carbons (Fsp3) is 0.143. The molecule has 3 rings (SSSR count). The molecule has 2 aromatic carbocycles. The fourth-order valence-corrected chi connectivity index (χ4v) is 2.55. The number of furan rings is 1. The Morgan fingerprint density at radius 2 is 1.57 bits per heavy atom. The minimum atomic E-state index is -0.348. The van der Waals surface area contributed by atoms with Gasteiger partial charge in [-0.15, -0.1) is 0 Å². The van der Waals surface area contributed by atoms with Crippen molar-refractivity contribution in [1.29, 1.82) is 0 Å². The van der Waals surface area contributed by atoms with E-state index in [1.165, 1.54) is 11.2 Å². The van der Waals surface area contributed by atoms with Gasteiger partial charge in [0.05, 0.1) is 19.9 Å². The number of ether oxygens (including phenoxy) is 1. The third-order valence-corrected chi connectivity index (χ3v) is 4.01. The fourth-order valence-electron chi connectivity index (χ4n) is 2.55. The average Bonchev–Trinajstić information content (AvgIpc) is 3.24. The number of benzene rings is 2. The highest BCUT2D eigenvalue weighted by atomic mass is 16.5. The SMILES string of the molecule is COc1ccc(Nc2ccc(NC(=O)CN(C)C(=O)c3ccco3)cc2)cc1. The van der Waals surface area contributed by atoms with Crippen LogP contribution in [0, 0.1) is 0 Å². The summed E-state index contributed by atoms with van der Waals surface area (Å²) in [5.74, 6) is 0.348. The summed E-state index contributed by atoms with van der Waals surface area (Å²) in [5, 5.41) is 6.04.